The van der Waals surface area contributed by atoms with Crippen LogP contribution in [0.4, 0.5) is 5.69 Å². The molecule has 0 bridgehead atoms. The van der Waals surface area contributed by atoms with Gasteiger partial charge in [-0.3, -0.25) is 24.5 Å². The Bertz CT molecular complexity index is 903. The summed E-state index contributed by atoms with van der Waals surface area (Å²) in [5.41, 5.74) is -0.248. The lowest BCUT2D eigenvalue weighted by Gasteiger charge is -2.13. The Morgan fingerprint density at radius 1 is 1.26 bits per heavy atom. The van der Waals surface area contributed by atoms with Gasteiger partial charge in [-0.2, -0.15) is 0 Å². The van der Waals surface area contributed by atoms with Gasteiger partial charge in [-0.1, -0.05) is 12.1 Å². The summed E-state index contributed by atoms with van der Waals surface area (Å²) in [6.07, 6.45) is 2.46. The van der Waals surface area contributed by atoms with E-state index in [9.17, 15) is 24.5 Å². The third-order valence-electron chi connectivity index (χ3n) is 3.35. The molecular formula is C17H15N3O7. The van der Waals surface area contributed by atoms with Crippen molar-refractivity contribution in [2.45, 2.75) is 13.0 Å². The molecule has 1 heterocycles. The first-order valence-corrected chi connectivity index (χ1v) is 7.62. The summed E-state index contributed by atoms with van der Waals surface area (Å²) in [7, 11) is 0. The van der Waals surface area contributed by atoms with Crippen LogP contribution in [0.15, 0.2) is 52.8 Å². The summed E-state index contributed by atoms with van der Waals surface area (Å²) in [4.78, 5) is 45.7. The van der Waals surface area contributed by atoms with Crippen LogP contribution < -0.4 is 10.6 Å². The van der Waals surface area contributed by atoms with Crippen molar-refractivity contribution in [3.8, 4) is 0 Å². The zero-order valence-corrected chi connectivity index (χ0v) is 14.0. The Morgan fingerprint density at radius 2 is 2.00 bits per heavy atom. The second-order valence-corrected chi connectivity index (χ2v) is 5.37. The Balaban J connectivity index is 2.34. The number of nitro groups is 1. The lowest BCUT2D eigenvalue weighted by atomic mass is 10.1. The van der Waals surface area contributed by atoms with E-state index in [4.69, 9.17) is 9.52 Å². The van der Waals surface area contributed by atoms with Gasteiger partial charge in [-0.25, -0.2) is 0 Å². The van der Waals surface area contributed by atoms with Crippen LogP contribution in [0.1, 0.15) is 23.0 Å². The lowest BCUT2D eigenvalue weighted by molar-refractivity contribution is -0.384. The fraction of sp³-hybridized carbons (Fsp3) is 0.118. The van der Waals surface area contributed by atoms with Crippen LogP contribution in [0, 0.1) is 10.1 Å². The summed E-state index contributed by atoms with van der Waals surface area (Å²) in [6, 6.07) is 7.00. The van der Waals surface area contributed by atoms with Gasteiger partial charge in [0.15, 0.2) is 5.76 Å². The van der Waals surface area contributed by atoms with E-state index in [0.717, 1.165) is 0 Å². The largest absolute Gasteiger partial charge is 0.480 e. The molecule has 27 heavy (non-hydrogen) atoms. The molecule has 2 aromatic rings. The first kappa shape index (κ1) is 19.4. The number of aliphatic carboxylic acids is 1. The number of furan rings is 1. The maximum absolute atomic E-state index is 12.4. The quantitative estimate of drug-likeness (QED) is 0.378. The normalized spacial score (nSPS) is 12.1. The number of nitrogens with zero attached hydrogens (tertiary/aromatic N) is 1. The number of nitrogens with one attached hydrogen (secondary N) is 2. The monoisotopic (exact) mass is 373 g/mol. The van der Waals surface area contributed by atoms with E-state index in [-0.39, 0.29) is 22.7 Å². The molecule has 1 atom stereocenters. The highest BCUT2D eigenvalue weighted by atomic mass is 16.6. The number of carboxylic acid groups (broad SMARTS) is 1. The molecule has 0 aliphatic rings. The van der Waals surface area contributed by atoms with Crippen LogP contribution in [-0.2, 0) is 9.59 Å². The third kappa shape index (κ3) is 5.26. The molecule has 1 aromatic carbocycles. The van der Waals surface area contributed by atoms with Crippen LogP contribution >= 0.6 is 0 Å². The summed E-state index contributed by atoms with van der Waals surface area (Å²) in [6.45, 7) is 1.25. The van der Waals surface area contributed by atoms with Crippen molar-refractivity contribution in [1.82, 2.24) is 10.6 Å². The molecule has 0 unspecified atom stereocenters. The lowest BCUT2D eigenvalue weighted by Crippen LogP contribution is -2.42. The van der Waals surface area contributed by atoms with Gasteiger partial charge in [-0.15, -0.1) is 0 Å². The Morgan fingerprint density at radius 3 is 2.59 bits per heavy atom. The first-order valence-electron chi connectivity index (χ1n) is 7.62. The van der Waals surface area contributed by atoms with Crippen LogP contribution in [0.3, 0.4) is 0 Å². The van der Waals surface area contributed by atoms with Gasteiger partial charge >= 0.3 is 5.97 Å². The fourth-order valence-electron chi connectivity index (χ4n) is 1.98. The average Bonchev–Trinajstić information content (AvgIpc) is 3.16. The minimum atomic E-state index is -1.27. The smallest absolute Gasteiger partial charge is 0.325 e. The number of nitro benzene ring substituents is 1. The Hall–Kier alpha value is -3.95. The molecule has 0 spiro atoms. The molecule has 2 rings (SSSR count). The number of carbonyl (C=O) groups is 3. The topological polar surface area (TPSA) is 152 Å². The van der Waals surface area contributed by atoms with Gasteiger partial charge in [-0.05, 0) is 30.7 Å². The first-order chi connectivity index (χ1) is 12.8. The van der Waals surface area contributed by atoms with E-state index in [0.29, 0.717) is 0 Å². The molecule has 0 aliphatic heterocycles. The number of rotatable bonds is 7. The van der Waals surface area contributed by atoms with Crippen molar-refractivity contribution in [1.29, 1.82) is 0 Å². The van der Waals surface area contributed by atoms with E-state index >= 15 is 0 Å². The molecule has 2 amide bonds. The highest BCUT2D eigenvalue weighted by Crippen LogP contribution is 2.15. The highest BCUT2D eigenvalue weighted by molar-refractivity contribution is 6.05. The number of carboxylic acids is 1. The molecule has 10 heteroatoms. The standard InChI is InChI=1S/C17H15N3O7/c1-10(17(23)24)18-15(21)13(19-16(22)14-6-3-7-27-14)9-11-4-2-5-12(8-11)20(25)26/h2-10H,1H3,(H,18,21)(H,19,22)(H,23,24)/b13-9+/t10-/m0/s1. The molecule has 3 N–H and O–H groups in total. The van der Waals surface area contributed by atoms with Crippen LogP contribution in [-0.4, -0.2) is 33.9 Å². The summed E-state index contributed by atoms with van der Waals surface area (Å²) in [5, 5.41) is 24.3. The van der Waals surface area contributed by atoms with Crippen molar-refractivity contribution in [2.24, 2.45) is 0 Å². The van der Waals surface area contributed by atoms with Crippen molar-refractivity contribution < 1.29 is 28.8 Å². The van der Waals surface area contributed by atoms with Gasteiger partial charge in [0.1, 0.15) is 11.7 Å². The van der Waals surface area contributed by atoms with Crippen molar-refractivity contribution in [2.75, 3.05) is 0 Å². The van der Waals surface area contributed by atoms with Gasteiger partial charge in [0.2, 0.25) is 0 Å². The van der Waals surface area contributed by atoms with Crippen LogP contribution in [0.2, 0.25) is 0 Å². The molecule has 0 radical (unpaired) electrons. The maximum Gasteiger partial charge on any atom is 0.325 e. The van der Waals surface area contributed by atoms with Crippen molar-refractivity contribution >= 4 is 29.5 Å². The minimum absolute atomic E-state index is 0.0703. The van der Waals surface area contributed by atoms with E-state index in [1.165, 1.54) is 55.7 Å². The van der Waals surface area contributed by atoms with Gasteiger partial charge in [0.05, 0.1) is 11.2 Å². The number of hydrogen-bond donors (Lipinski definition) is 3. The summed E-state index contributed by atoms with van der Waals surface area (Å²) >= 11 is 0. The van der Waals surface area contributed by atoms with Gasteiger partial charge in [0, 0.05) is 12.1 Å². The van der Waals surface area contributed by atoms with E-state index < -0.39 is 28.7 Å². The van der Waals surface area contributed by atoms with Gasteiger partial charge < -0.3 is 20.2 Å². The zero-order chi connectivity index (χ0) is 20.0. The second kappa shape index (κ2) is 8.43. The molecule has 0 saturated heterocycles. The van der Waals surface area contributed by atoms with Crippen LogP contribution in [0.25, 0.3) is 6.08 Å². The highest BCUT2D eigenvalue weighted by Gasteiger charge is 2.20. The van der Waals surface area contributed by atoms with E-state index in [1.54, 1.807) is 0 Å². The SMILES string of the molecule is C[C@H](NC(=O)/C(=C\c1cccc([N+](=O)[O-])c1)NC(=O)c1ccco1)C(=O)O. The third-order valence-corrected chi connectivity index (χ3v) is 3.35. The number of benzene rings is 1. The molecule has 1 aromatic heterocycles. The number of non-ortho nitro benzene ring substituents is 1. The molecule has 140 valence electrons. The number of hydrogen-bond acceptors (Lipinski definition) is 6. The average molecular weight is 373 g/mol. The minimum Gasteiger partial charge on any atom is -0.480 e. The predicted molar refractivity (Wildman–Crippen MR) is 92.5 cm³/mol. The fourth-order valence-corrected chi connectivity index (χ4v) is 1.98. The summed E-state index contributed by atoms with van der Waals surface area (Å²) in [5.74, 6) is -2.96. The van der Waals surface area contributed by atoms with Gasteiger partial charge in [0.25, 0.3) is 17.5 Å². The molecule has 0 saturated carbocycles. The molecular weight excluding hydrogens is 358 g/mol. The number of amides is 2. The number of carbonyl (C=O) groups excluding carboxylic acids is 2. The van der Waals surface area contributed by atoms with E-state index in [2.05, 4.69) is 10.6 Å². The second-order valence-electron chi connectivity index (χ2n) is 5.37. The Kier molecular flexibility index (Phi) is 6.05. The van der Waals surface area contributed by atoms with E-state index in [1.807, 2.05) is 0 Å². The van der Waals surface area contributed by atoms with Crippen molar-refractivity contribution in [3.05, 3.63) is 69.8 Å². The molecule has 0 aliphatic carbocycles. The van der Waals surface area contributed by atoms with Crippen molar-refractivity contribution in [3.63, 3.8) is 0 Å². The Labute approximate surface area is 152 Å². The predicted octanol–water partition coefficient (Wildman–Crippen LogP) is 1.55. The maximum atomic E-state index is 12.4. The molecule has 0 fully saturated rings. The van der Waals surface area contributed by atoms with Crippen LogP contribution in [0.5, 0.6) is 0 Å². The summed E-state index contributed by atoms with van der Waals surface area (Å²) < 4.78 is 4.94. The molecule has 10 nitrogen and oxygen atoms in total. The zero-order valence-electron chi connectivity index (χ0n) is 14.0.